The highest BCUT2D eigenvalue weighted by molar-refractivity contribution is 7.09. The molecule has 1 aromatic heterocycles. The molecule has 0 unspecified atom stereocenters. The maximum absolute atomic E-state index is 12.6. The average molecular weight is 403 g/mol. The molecule has 1 saturated heterocycles. The van der Waals surface area contributed by atoms with Gasteiger partial charge in [-0.15, -0.1) is 11.3 Å². The zero-order chi connectivity index (χ0) is 20.5. The summed E-state index contributed by atoms with van der Waals surface area (Å²) in [6.45, 7) is 11.5. The Labute approximate surface area is 171 Å². The largest absolute Gasteiger partial charge is 0.323 e. The lowest BCUT2D eigenvalue weighted by Gasteiger charge is -2.22. The van der Waals surface area contributed by atoms with Crippen LogP contribution >= 0.6 is 11.3 Å². The van der Waals surface area contributed by atoms with Gasteiger partial charge in [-0.3, -0.25) is 9.69 Å². The van der Waals surface area contributed by atoms with E-state index in [4.69, 9.17) is 0 Å². The molecule has 6 nitrogen and oxygen atoms in total. The minimum atomic E-state index is -0.148. The van der Waals surface area contributed by atoms with Crippen LogP contribution in [0.2, 0.25) is 0 Å². The molecule has 2 aromatic rings. The number of benzene rings is 1. The summed E-state index contributed by atoms with van der Waals surface area (Å²) in [4.78, 5) is 33.0. The summed E-state index contributed by atoms with van der Waals surface area (Å²) < 4.78 is 0. The van der Waals surface area contributed by atoms with E-state index in [0.717, 1.165) is 36.8 Å². The molecule has 0 spiro atoms. The zero-order valence-electron chi connectivity index (χ0n) is 17.2. The van der Waals surface area contributed by atoms with Crippen LogP contribution in [0.5, 0.6) is 0 Å². The third-order valence-electron chi connectivity index (χ3n) is 4.48. The van der Waals surface area contributed by atoms with Gasteiger partial charge in [-0.2, -0.15) is 0 Å². The molecule has 2 heterocycles. The van der Waals surface area contributed by atoms with E-state index < -0.39 is 0 Å². The molecular weight excluding hydrogens is 372 g/mol. The number of thiazole rings is 1. The second-order valence-corrected chi connectivity index (χ2v) is 7.57. The van der Waals surface area contributed by atoms with Crippen LogP contribution in [0.15, 0.2) is 29.6 Å². The third kappa shape index (κ3) is 6.14. The molecule has 7 heteroatoms. The zero-order valence-corrected chi connectivity index (χ0v) is 18.0. The van der Waals surface area contributed by atoms with Gasteiger partial charge in [-0.25, -0.2) is 9.78 Å². The van der Waals surface area contributed by atoms with E-state index >= 15 is 0 Å². The number of ketones is 1. The van der Waals surface area contributed by atoms with Crippen LogP contribution < -0.4 is 5.32 Å². The molecule has 1 aliphatic rings. The lowest BCUT2D eigenvalue weighted by Crippen LogP contribution is -2.38. The number of carbonyl (C=O) groups excluding carboxylic acids is 2. The molecule has 0 saturated carbocycles. The number of aryl methyl sites for hydroxylation is 1. The molecule has 152 valence electrons. The average Bonchev–Trinajstić information content (AvgIpc) is 2.96. The van der Waals surface area contributed by atoms with Crippen LogP contribution in [0.1, 0.15) is 48.3 Å². The summed E-state index contributed by atoms with van der Waals surface area (Å²) in [5.74, 6) is -0.0542. The third-order valence-corrected chi connectivity index (χ3v) is 5.30. The lowest BCUT2D eigenvalue weighted by atomic mass is 10.1. The van der Waals surface area contributed by atoms with Crippen molar-refractivity contribution >= 4 is 28.8 Å². The Hall–Kier alpha value is -2.25. The molecule has 2 amide bonds. The quantitative estimate of drug-likeness (QED) is 0.769. The van der Waals surface area contributed by atoms with Gasteiger partial charge in [0.2, 0.25) is 0 Å². The van der Waals surface area contributed by atoms with Gasteiger partial charge in [0.25, 0.3) is 0 Å². The van der Waals surface area contributed by atoms with Gasteiger partial charge in [-0.1, -0.05) is 26.0 Å². The molecule has 0 bridgehead atoms. The van der Waals surface area contributed by atoms with E-state index in [1.807, 2.05) is 31.7 Å². The number of nitrogens with zero attached hydrogens (tertiary/aromatic N) is 3. The molecule has 1 aliphatic heterocycles. The first-order chi connectivity index (χ1) is 13.5. The molecule has 28 heavy (non-hydrogen) atoms. The normalized spacial score (nSPS) is 14.6. The number of hydrogen-bond acceptors (Lipinski definition) is 5. The highest BCUT2D eigenvalue weighted by atomic mass is 32.1. The molecule has 1 N–H and O–H groups in total. The number of para-hydroxylation sites is 1. The minimum Gasteiger partial charge on any atom is -0.323 e. The van der Waals surface area contributed by atoms with Gasteiger partial charge in [0, 0.05) is 43.7 Å². The van der Waals surface area contributed by atoms with Crippen molar-refractivity contribution in [1.82, 2.24) is 14.8 Å². The van der Waals surface area contributed by atoms with Crippen molar-refractivity contribution < 1.29 is 9.59 Å². The number of rotatable bonds is 4. The first-order valence-electron chi connectivity index (χ1n) is 9.82. The van der Waals surface area contributed by atoms with Crippen molar-refractivity contribution in [1.29, 1.82) is 0 Å². The van der Waals surface area contributed by atoms with Crippen LogP contribution in [0, 0.1) is 6.92 Å². The second kappa shape index (κ2) is 10.9. The van der Waals surface area contributed by atoms with Gasteiger partial charge >= 0.3 is 6.03 Å². The standard InChI is InChI=1S/C19H24N4O2S.C2H6/c1-14(24)17-6-3-4-7-18(17)21-19(25)23-9-5-8-22(10-11-23)12-16-13-26-15(2)20-16;1-2/h3-4,6-7,13H,5,8-12H2,1-2H3,(H,21,25);1-2H3. The van der Waals surface area contributed by atoms with E-state index in [2.05, 4.69) is 20.6 Å². The van der Waals surface area contributed by atoms with Gasteiger partial charge in [0.15, 0.2) is 5.78 Å². The van der Waals surface area contributed by atoms with Crippen molar-refractivity contribution in [3.05, 3.63) is 45.9 Å². The Morgan fingerprint density at radius 3 is 2.57 bits per heavy atom. The fourth-order valence-electron chi connectivity index (χ4n) is 3.14. The molecular formula is C21H30N4O2S. The lowest BCUT2D eigenvalue weighted by molar-refractivity contribution is 0.101. The fraction of sp³-hybridized carbons (Fsp3) is 0.476. The van der Waals surface area contributed by atoms with Gasteiger partial charge in [-0.05, 0) is 32.4 Å². The van der Waals surface area contributed by atoms with E-state index in [0.29, 0.717) is 24.3 Å². The summed E-state index contributed by atoms with van der Waals surface area (Å²) in [5, 5.41) is 6.08. The Bertz CT molecular complexity index is 790. The number of Topliss-reactive ketones (excluding diaryl/α,β-unsaturated/α-hetero) is 1. The Kier molecular flexibility index (Phi) is 8.60. The van der Waals surface area contributed by atoms with Gasteiger partial charge in [0.05, 0.1) is 16.4 Å². The number of hydrogen-bond donors (Lipinski definition) is 1. The van der Waals surface area contributed by atoms with Gasteiger partial charge in [0.1, 0.15) is 0 Å². The van der Waals surface area contributed by atoms with E-state index in [-0.39, 0.29) is 11.8 Å². The van der Waals surface area contributed by atoms with Crippen molar-refractivity contribution in [2.24, 2.45) is 0 Å². The predicted molar refractivity (Wildman–Crippen MR) is 115 cm³/mol. The Morgan fingerprint density at radius 2 is 1.89 bits per heavy atom. The number of nitrogens with one attached hydrogen (secondary N) is 1. The number of carbonyl (C=O) groups is 2. The Balaban J connectivity index is 0.00000136. The summed E-state index contributed by atoms with van der Waals surface area (Å²) in [6.07, 6.45) is 0.922. The number of amides is 2. The molecule has 1 aromatic carbocycles. The number of urea groups is 1. The highest BCUT2D eigenvalue weighted by Crippen LogP contribution is 2.17. The summed E-state index contributed by atoms with van der Waals surface area (Å²) in [7, 11) is 0. The number of anilines is 1. The van der Waals surface area contributed by atoms with Crippen molar-refractivity contribution in [2.75, 3.05) is 31.5 Å². The molecule has 0 radical (unpaired) electrons. The van der Waals surface area contributed by atoms with Crippen LogP contribution in [-0.2, 0) is 6.54 Å². The summed E-state index contributed by atoms with van der Waals surface area (Å²) >= 11 is 1.67. The predicted octanol–water partition coefficient (Wildman–Crippen LogP) is 4.42. The smallest absolute Gasteiger partial charge is 0.321 e. The fourth-order valence-corrected chi connectivity index (χ4v) is 3.74. The van der Waals surface area contributed by atoms with Crippen molar-refractivity contribution in [2.45, 2.75) is 40.7 Å². The monoisotopic (exact) mass is 402 g/mol. The van der Waals surface area contributed by atoms with E-state index in [9.17, 15) is 9.59 Å². The Morgan fingerprint density at radius 1 is 1.14 bits per heavy atom. The highest BCUT2D eigenvalue weighted by Gasteiger charge is 2.20. The maximum Gasteiger partial charge on any atom is 0.321 e. The minimum absolute atomic E-state index is 0.0542. The van der Waals surface area contributed by atoms with E-state index in [1.54, 1.807) is 29.5 Å². The van der Waals surface area contributed by atoms with Crippen LogP contribution in [0.25, 0.3) is 0 Å². The van der Waals surface area contributed by atoms with Crippen molar-refractivity contribution in [3.8, 4) is 0 Å². The number of aromatic nitrogens is 1. The first-order valence-corrected chi connectivity index (χ1v) is 10.7. The van der Waals surface area contributed by atoms with Crippen LogP contribution in [0.3, 0.4) is 0 Å². The van der Waals surface area contributed by atoms with Gasteiger partial charge < -0.3 is 10.2 Å². The van der Waals surface area contributed by atoms with Crippen molar-refractivity contribution in [3.63, 3.8) is 0 Å². The molecule has 3 rings (SSSR count). The maximum atomic E-state index is 12.6. The van der Waals surface area contributed by atoms with Crippen LogP contribution in [0.4, 0.5) is 10.5 Å². The van der Waals surface area contributed by atoms with Crippen LogP contribution in [-0.4, -0.2) is 52.8 Å². The summed E-state index contributed by atoms with van der Waals surface area (Å²) in [6, 6.07) is 6.98. The SMILES string of the molecule is CC.CC(=O)c1ccccc1NC(=O)N1CCCN(Cc2csc(C)n2)CC1. The summed E-state index contributed by atoms with van der Waals surface area (Å²) in [5.41, 5.74) is 2.21. The molecule has 1 fully saturated rings. The first kappa shape index (κ1) is 22.0. The second-order valence-electron chi connectivity index (χ2n) is 6.51. The van der Waals surface area contributed by atoms with E-state index in [1.165, 1.54) is 6.92 Å². The topological polar surface area (TPSA) is 65.5 Å². The molecule has 0 atom stereocenters. The molecule has 0 aliphatic carbocycles.